The first-order valence-corrected chi connectivity index (χ1v) is 5.34. The highest BCUT2D eigenvalue weighted by Crippen LogP contribution is 2.16. The van der Waals surface area contributed by atoms with Gasteiger partial charge in [0.05, 0.1) is 6.10 Å². The molecular weight excluding hydrogens is 228 g/mol. The molecule has 0 heterocycles. The van der Waals surface area contributed by atoms with Gasteiger partial charge in [-0.15, -0.1) is 0 Å². The molecule has 1 aromatic rings. The Labute approximate surface area is 98.5 Å². The Kier molecular flexibility index (Phi) is 4.57. The number of hydrogen-bond donors (Lipinski definition) is 2. The summed E-state index contributed by atoms with van der Waals surface area (Å²) in [5.41, 5.74) is -0.359. The molecule has 17 heavy (non-hydrogen) atoms. The minimum absolute atomic E-state index is 0.170. The fraction of sp³-hybridized carbons (Fsp3) is 0.417. The van der Waals surface area contributed by atoms with Crippen molar-refractivity contribution in [2.24, 2.45) is 0 Å². The summed E-state index contributed by atoms with van der Waals surface area (Å²) in [5, 5.41) is 11.3. The largest absolute Gasteiger partial charge is 0.393 e. The number of nitrogens with one attached hydrogen (secondary N) is 1. The number of carbonyl (C=O) groups is 1. The average Bonchev–Trinajstić information content (AvgIpc) is 2.23. The van der Waals surface area contributed by atoms with E-state index in [0.29, 0.717) is 6.42 Å². The Balaban J connectivity index is 2.79. The second kappa shape index (κ2) is 5.72. The van der Waals surface area contributed by atoms with Crippen LogP contribution in [0.4, 0.5) is 8.78 Å². The molecule has 0 saturated carbocycles. The highest BCUT2D eigenvalue weighted by Gasteiger charge is 2.18. The van der Waals surface area contributed by atoms with E-state index in [9.17, 15) is 13.6 Å². The van der Waals surface area contributed by atoms with E-state index in [2.05, 4.69) is 5.32 Å². The van der Waals surface area contributed by atoms with E-state index >= 15 is 0 Å². The van der Waals surface area contributed by atoms with Gasteiger partial charge in [-0.1, -0.05) is 6.07 Å². The maximum Gasteiger partial charge on any atom is 0.257 e. The molecule has 0 aliphatic rings. The van der Waals surface area contributed by atoms with Crippen LogP contribution in [-0.2, 0) is 0 Å². The SMILES string of the molecule is Cc1ccc(F)c(C(=O)NCCC(C)O)c1F. The third kappa shape index (κ3) is 3.49. The molecule has 94 valence electrons. The summed E-state index contributed by atoms with van der Waals surface area (Å²) in [6, 6.07) is 2.33. The Morgan fingerprint density at radius 1 is 1.47 bits per heavy atom. The lowest BCUT2D eigenvalue weighted by molar-refractivity contribution is 0.0937. The quantitative estimate of drug-likeness (QED) is 0.846. The summed E-state index contributed by atoms with van der Waals surface area (Å²) in [6.45, 7) is 3.20. The van der Waals surface area contributed by atoms with Crippen LogP contribution in [0.3, 0.4) is 0 Å². The van der Waals surface area contributed by atoms with Crippen LogP contribution in [0.1, 0.15) is 29.3 Å². The first kappa shape index (κ1) is 13.6. The van der Waals surface area contributed by atoms with E-state index in [4.69, 9.17) is 5.11 Å². The number of aliphatic hydroxyl groups excluding tert-OH is 1. The lowest BCUT2D eigenvalue weighted by atomic mass is 10.1. The van der Waals surface area contributed by atoms with Crippen LogP contribution in [0.5, 0.6) is 0 Å². The molecule has 2 N–H and O–H groups in total. The van der Waals surface area contributed by atoms with E-state index in [1.165, 1.54) is 13.0 Å². The Morgan fingerprint density at radius 3 is 2.71 bits per heavy atom. The fourth-order valence-electron chi connectivity index (χ4n) is 1.35. The van der Waals surface area contributed by atoms with Crippen LogP contribution in [0.25, 0.3) is 0 Å². The van der Waals surface area contributed by atoms with Crippen molar-refractivity contribution in [3.63, 3.8) is 0 Å². The molecule has 0 fully saturated rings. The predicted octanol–water partition coefficient (Wildman–Crippen LogP) is 1.77. The van der Waals surface area contributed by atoms with Crippen molar-refractivity contribution in [3.8, 4) is 0 Å². The molecule has 0 radical (unpaired) electrons. The zero-order chi connectivity index (χ0) is 13.0. The van der Waals surface area contributed by atoms with Crippen LogP contribution in [0.2, 0.25) is 0 Å². The topological polar surface area (TPSA) is 49.3 Å². The lowest BCUT2D eigenvalue weighted by Gasteiger charge is -2.09. The first-order valence-electron chi connectivity index (χ1n) is 5.34. The van der Waals surface area contributed by atoms with E-state index in [1.807, 2.05) is 0 Å². The molecule has 1 unspecified atom stereocenters. The number of aliphatic hydroxyl groups is 1. The number of aryl methyl sites for hydroxylation is 1. The Bertz CT molecular complexity index is 419. The number of carbonyl (C=O) groups excluding carboxylic acids is 1. The van der Waals surface area contributed by atoms with Crippen molar-refractivity contribution >= 4 is 5.91 Å². The summed E-state index contributed by atoms with van der Waals surface area (Å²) < 4.78 is 26.9. The summed E-state index contributed by atoms with van der Waals surface area (Å²) in [7, 11) is 0. The molecule has 0 bridgehead atoms. The van der Waals surface area contributed by atoms with Gasteiger partial charge in [0.2, 0.25) is 0 Å². The number of halogens is 2. The third-order valence-corrected chi connectivity index (χ3v) is 2.36. The van der Waals surface area contributed by atoms with Crippen molar-refractivity contribution in [3.05, 3.63) is 34.9 Å². The normalized spacial score (nSPS) is 12.3. The van der Waals surface area contributed by atoms with E-state index < -0.39 is 29.2 Å². The second-order valence-electron chi connectivity index (χ2n) is 3.95. The van der Waals surface area contributed by atoms with Gasteiger partial charge in [-0.05, 0) is 31.9 Å². The Hall–Kier alpha value is -1.49. The molecule has 3 nitrogen and oxygen atoms in total. The minimum atomic E-state index is -0.886. The van der Waals surface area contributed by atoms with Crippen molar-refractivity contribution in [2.45, 2.75) is 26.4 Å². The second-order valence-corrected chi connectivity index (χ2v) is 3.95. The van der Waals surface area contributed by atoms with Crippen molar-refractivity contribution in [1.29, 1.82) is 0 Å². The zero-order valence-electron chi connectivity index (χ0n) is 9.76. The third-order valence-electron chi connectivity index (χ3n) is 2.36. The maximum absolute atomic E-state index is 13.5. The van der Waals surface area contributed by atoms with Crippen LogP contribution < -0.4 is 5.32 Å². The maximum atomic E-state index is 13.5. The molecule has 1 rings (SSSR count). The van der Waals surface area contributed by atoms with Gasteiger partial charge in [-0.2, -0.15) is 0 Å². The van der Waals surface area contributed by atoms with E-state index in [-0.39, 0.29) is 12.1 Å². The summed E-state index contributed by atoms with van der Waals surface area (Å²) in [6.07, 6.45) is -0.233. The van der Waals surface area contributed by atoms with E-state index in [1.54, 1.807) is 6.92 Å². The molecule has 1 atom stereocenters. The molecule has 0 aliphatic heterocycles. The van der Waals surface area contributed by atoms with Crippen LogP contribution in [-0.4, -0.2) is 23.7 Å². The van der Waals surface area contributed by atoms with Gasteiger partial charge in [0.25, 0.3) is 5.91 Å². The van der Waals surface area contributed by atoms with Crippen molar-refractivity contribution in [2.75, 3.05) is 6.54 Å². The molecular formula is C12H15F2NO2. The van der Waals surface area contributed by atoms with Crippen molar-refractivity contribution in [1.82, 2.24) is 5.32 Å². The van der Waals surface area contributed by atoms with E-state index in [0.717, 1.165) is 6.07 Å². The zero-order valence-corrected chi connectivity index (χ0v) is 9.76. The number of hydrogen-bond acceptors (Lipinski definition) is 2. The number of benzene rings is 1. The fourth-order valence-corrected chi connectivity index (χ4v) is 1.35. The van der Waals surface area contributed by atoms with Gasteiger partial charge < -0.3 is 10.4 Å². The first-order chi connectivity index (χ1) is 7.93. The van der Waals surface area contributed by atoms with Gasteiger partial charge in [-0.3, -0.25) is 4.79 Å². The molecule has 0 saturated heterocycles. The molecule has 1 aromatic carbocycles. The van der Waals surface area contributed by atoms with Gasteiger partial charge in [0.1, 0.15) is 17.2 Å². The van der Waals surface area contributed by atoms with Gasteiger partial charge in [-0.25, -0.2) is 8.78 Å². The minimum Gasteiger partial charge on any atom is -0.393 e. The smallest absolute Gasteiger partial charge is 0.257 e. The van der Waals surface area contributed by atoms with Gasteiger partial charge >= 0.3 is 0 Å². The summed E-state index contributed by atoms with van der Waals surface area (Å²) in [5.74, 6) is -2.54. The molecule has 0 aromatic heterocycles. The summed E-state index contributed by atoms with van der Waals surface area (Å²) in [4.78, 5) is 11.5. The predicted molar refractivity (Wildman–Crippen MR) is 59.7 cm³/mol. The molecule has 0 aliphatic carbocycles. The lowest BCUT2D eigenvalue weighted by Crippen LogP contribution is -2.28. The van der Waals surface area contributed by atoms with Crippen LogP contribution in [0.15, 0.2) is 12.1 Å². The highest BCUT2D eigenvalue weighted by molar-refractivity contribution is 5.94. The molecule has 0 spiro atoms. The highest BCUT2D eigenvalue weighted by atomic mass is 19.1. The summed E-state index contributed by atoms with van der Waals surface area (Å²) >= 11 is 0. The van der Waals surface area contributed by atoms with Gasteiger partial charge in [0, 0.05) is 6.54 Å². The van der Waals surface area contributed by atoms with Crippen LogP contribution >= 0.6 is 0 Å². The average molecular weight is 243 g/mol. The monoisotopic (exact) mass is 243 g/mol. The standard InChI is InChI=1S/C12H15F2NO2/c1-7-3-4-9(13)10(11(7)14)12(17)15-6-5-8(2)16/h3-4,8,16H,5-6H2,1-2H3,(H,15,17). The number of rotatable bonds is 4. The van der Waals surface area contributed by atoms with Gasteiger partial charge in [0.15, 0.2) is 0 Å². The Morgan fingerprint density at radius 2 is 2.12 bits per heavy atom. The van der Waals surface area contributed by atoms with Crippen LogP contribution in [0, 0.1) is 18.6 Å². The molecule has 5 heteroatoms. The number of amides is 1. The molecule has 1 amide bonds. The van der Waals surface area contributed by atoms with Crippen molar-refractivity contribution < 1.29 is 18.7 Å².